The van der Waals surface area contributed by atoms with E-state index in [-0.39, 0.29) is 10.6 Å². The van der Waals surface area contributed by atoms with Crippen LogP contribution in [0.5, 0.6) is 0 Å². The quantitative estimate of drug-likeness (QED) is 0.297. The van der Waals surface area contributed by atoms with E-state index in [2.05, 4.69) is 4.74 Å². The standard InChI is InChI=1S/C23H27N3O8S2/c1-23(2,3)34-22(28)25-19-13-9-8-12-18(19)20(14-15-21(27)33-4)26(25)24(16-35(29)30)36(31,32)17-10-6-5-7-11-17/h5-15,20H,16H2,1-4H3,(H,29,30)/p-1. The molecule has 0 fully saturated rings. The van der Waals surface area contributed by atoms with Crippen LogP contribution in [0.25, 0.3) is 0 Å². The van der Waals surface area contributed by atoms with Crippen molar-refractivity contribution in [2.75, 3.05) is 18.0 Å². The highest BCUT2D eigenvalue weighted by Crippen LogP contribution is 2.43. The number of hydrazine groups is 2. The smallest absolute Gasteiger partial charge is 0.430 e. The van der Waals surface area contributed by atoms with E-state index < -0.39 is 50.7 Å². The van der Waals surface area contributed by atoms with Crippen LogP contribution < -0.4 is 5.01 Å². The van der Waals surface area contributed by atoms with E-state index in [0.29, 0.717) is 9.98 Å². The Morgan fingerprint density at radius 1 is 1.11 bits per heavy atom. The Kier molecular flexibility index (Phi) is 8.31. The summed E-state index contributed by atoms with van der Waals surface area (Å²) < 4.78 is 61.9. The lowest BCUT2D eigenvalue weighted by Crippen LogP contribution is -2.57. The van der Waals surface area contributed by atoms with Crippen LogP contribution in [-0.2, 0) is 35.4 Å². The molecule has 3 rings (SSSR count). The number of carbonyl (C=O) groups is 2. The third-order valence-corrected chi connectivity index (χ3v) is 7.22. The molecule has 1 aliphatic heterocycles. The average Bonchev–Trinajstić information content (AvgIpc) is 3.14. The van der Waals surface area contributed by atoms with E-state index >= 15 is 0 Å². The van der Waals surface area contributed by atoms with Gasteiger partial charge in [-0.05, 0) is 50.1 Å². The minimum absolute atomic E-state index is 0.203. The number of carbonyl (C=O) groups excluding carboxylic acids is 2. The normalized spacial score (nSPS) is 17.3. The molecule has 0 aliphatic carbocycles. The first-order valence-corrected chi connectivity index (χ1v) is 13.4. The number of amides is 1. The Hall–Kier alpha value is -3.10. The van der Waals surface area contributed by atoms with Crippen molar-refractivity contribution in [1.29, 1.82) is 0 Å². The minimum Gasteiger partial charge on any atom is -0.771 e. The second kappa shape index (κ2) is 10.9. The highest BCUT2D eigenvalue weighted by Gasteiger charge is 2.47. The zero-order chi connectivity index (χ0) is 26.7. The van der Waals surface area contributed by atoms with Crippen LogP contribution in [0.1, 0.15) is 32.4 Å². The van der Waals surface area contributed by atoms with Crippen molar-refractivity contribution in [2.45, 2.75) is 37.3 Å². The van der Waals surface area contributed by atoms with Gasteiger partial charge in [-0.25, -0.2) is 18.0 Å². The number of rotatable bonds is 7. The van der Waals surface area contributed by atoms with Crippen molar-refractivity contribution >= 4 is 38.9 Å². The zero-order valence-corrected chi connectivity index (χ0v) is 21.7. The Balaban J connectivity index is 2.27. The summed E-state index contributed by atoms with van der Waals surface area (Å²) in [6.45, 7) is 4.91. The van der Waals surface area contributed by atoms with Gasteiger partial charge in [0, 0.05) is 11.6 Å². The Morgan fingerprint density at radius 2 is 1.72 bits per heavy atom. The lowest BCUT2D eigenvalue weighted by Gasteiger charge is -2.39. The molecule has 1 amide bonds. The third kappa shape index (κ3) is 5.99. The van der Waals surface area contributed by atoms with Gasteiger partial charge in [-0.3, -0.25) is 4.21 Å². The molecule has 0 radical (unpaired) electrons. The van der Waals surface area contributed by atoms with Gasteiger partial charge >= 0.3 is 12.1 Å². The first-order valence-electron chi connectivity index (χ1n) is 10.7. The fraction of sp³-hybridized carbons (Fsp3) is 0.304. The van der Waals surface area contributed by atoms with Crippen LogP contribution in [0.2, 0.25) is 0 Å². The van der Waals surface area contributed by atoms with Gasteiger partial charge in [-0.1, -0.05) is 46.9 Å². The lowest BCUT2D eigenvalue weighted by molar-refractivity contribution is -0.134. The Morgan fingerprint density at radius 3 is 2.31 bits per heavy atom. The number of esters is 1. The van der Waals surface area contributed by atoms with Crippen LogP contribution >= 0.6 is 0 Å². The summed E-state index contributed by atoms with van der Waals surface area (Å²) >= 11 is -2.89. The fourth-order valence-electron chi connectivity index (χ4n) is 3.48. The number of sulfonamides is 1. The van der Waals surface area contributed by atoms with Crippen LogP contribution in [0.4, 0.5) is 10.5 Å². The minimum atomic E-state index is -4.52. The second-order valence-corrected chi connectivity index (χ2v) is 11.3. The Labute approximate surface area is 212 Å². The van der Waals surface area contributed by atoms with Crippen molar-refractivity contribution < 1.29 is 36.2 Å². The van der Waals surface area contributed by atoms with Crippen LogP contribution in [0.3, 0.4) is 0 Å². The molecule has 1 heterocycles. The van der Waals surface area contributed by atoms with Crippen LogP contribution in [0.15, 0.2) is 71.6 Å². The summed E-state index contributed by atoms with van der Waals surface area (Å²) in [5, 5.41) is 1.90. The summed E-state index contributed by atoms with van der Waals surface area (Å²) in [6.07, 6.45) is 1.43. The van der Waals surface area contributed by atoms with Crippen molar-refractivity contribution in [3.05, 3.63) is 72.3 Å². The van der Waals surface area contributed by atoms with E-state index in [9.17, 15) is 26.8 Å². The molecule has 1 aliphatic rings. The molecule has 0 saturated heterocycles. The predicted molar refractivity (Wildman–Crippen MR) is 130 cm³/mol. The van der Waals surface area contributed by atoms with Gasteiger partial charge in [-0.15, -0.1) is 5.12 Å². The van der Waals surface area contributed by atoms with Crippen LogP contribution in [-0.4, -0.2) is 57.4 Å². The molecule has 0 aromatic heterocycles. The van der Waals surface area contributed by atoms with Gasteiger partial charge in [-0.2, -0.15) is 5.01 Å². The summed E-state index contributed by atoms with van der Waals surface area (Å²) in [4.78, 5) is 25.1. The number of methoxy groups -OCH3 is 1. The largest absolute Gasteiger partial charge is 0.771 e. The molecule has 13 heteroatoms. The fourth-order valence-corrected chi connectivity index (χ4v) is 5.73. The molecule has 194 valence electrons. The van der Waals surface area contributed by atoms with Gasteiger partial charge in [0.1, 0.15) is 5.60 Å². The van der Waals surface area contributed by atoms with Crippen molar-refractivity contribution in [3.8, 4) is 0 Å². The molecule has 2 aromatic carbocycles. The molecular weight excluding hydrogens is 510 g/mol. The number of para-hydroxylation sites is 1. The number of nitrogens with zero attached hydrogens (tertiary/aromatic N) is 3. The number of fused-ring (bicyclic) bond motifs is 1. The lowest BCUT2D eigenvalue weighted by atomic mass is 10.1. The number of anilines is 1. The van der Waals surface area contributed by atoms with E-state index in [1.807, 2.05) is 0 Å². The third-order valence-electron chi connectivity index (χ3n) is 4.88. The van der Waals surface area contributed by atoms with Gasteiger partial charge in [0.15, 0.2) is 0 Å². The summed E-state index contributed by atoms with van der Waals surface area (Å²) in [6, 6.07) is 12.6. The average molecular weight is 537 g/mol. The molecule has 2 aromatic rings. The second-order valence-electron chi connectivity index (χ2n) is 8.57. The number of hydrogen-bond donors (Lipinski definition) is 0. The number of hydrogen-bond acceptors (Lipinski definition) is 9. The Bertz CT molecular complexity index is 1280. The van der Waals surface area contributed by atoms with E-state index in [1.165, 1.54) is 37.5 Å². The van der Waals surface area contributed by atoms with Gasteiger partial charge < -0.3 is 14.0 Å². The molecule has 0 bridgehead atoms. The van der Waals surface area contributed by atoms with Gasteiger partial charge in [0.2, 0.25) is 0 Å². The van der Waals surface area contributed by atoms with Crippen molar-refractivity contribution in [1.82, 2.24) is 9.53 Å². The molecule has 2 unspecified atom stereocenters. The molecular formula is C23H26N3O8S2-. The van der Waals surface area contributed by atoms with Crippen molar-refractivity contribution in [3.63, 3.8) is 0 Å². The topological polar surface area (TPSA) is 137 Å². The first-order chi connectivity index (χ1) is 16.9. The SMILES string of the molecule is COC(=O)C=CC1c2ccccc2N(C(=O)OC(C)(C)C)N1N(CS(=O)[O-])S(=O)(=O)c1ccccc1. The molecule has 0 N–H and O–H groups in total. The van der Waals surface area contributed by atoms with E-state index in [1.54, 1.807) is 51.1 Å². The van der Waals surface area contributed by atoms with Gasteiger partial charge in [0.05, 0.1) is 29.6 Å². The van der Waals surface area contributed by atoms with Gasteiger partial charge in [0.25, 0.3) is 10.0 Å². The highest BCUT2D eigenvalue weighted by molar-refractivity contribution is 7.90. The maximum atomic E-state index is 13.7. The monoisotopic (exact) mass is 536 g/mol. The molecule has 2 atom stereocenters. The predicted octanol–water partition coefficient (Wildman–Crippen LogP) is 2.87. The summed E-state index contributed by atoms with van der Waals surface area (Å²) in [5.74, 6) is -1.75. The van der Waals surface area contributed by atoms with Crippen molar-refractivity contribution in [2.24, 2.45) is 0 Å². The molecule has 0 spiro atoms. The maximum Gasteiger partial charge on any atom is 0.430 e. The van der Waals surface area contributed by atoms with E-state index in [0.717, 1.165) is 16.2 Å². The number of ether oxygens (including phenoxy) is 2. The van der Waals surface area contributed by atoms with Crippen LogP contribution in [0, 0.1) is 0 Å². The molecule has 0 saturated carbocycles. The first kappa shape index (κ1) is 27.5. The summed E-state index contributed by atoms with van der Waals surface area (Å²) in [7, 11) is -3.34. The molecule has 11 nitrogen and oxygen atoms in total. The maximum absolute atomic E-state index is 13.7. The summed E-state index contributed by atoms with van der Waals surface area (Å²) in [5.41, 5.74) is -0.285. The van der Waals surface area contributed by atoms with E-state index in [4.69, 9.17) is 4.74 Å². The molecule has 36 heavy (non-hydrogen) atoms. The highest BCUT2D eigenvalue weighted by atomic mass is 32.2. The number of benzene rings is 2. The zero-order valence-electron chi connectivity index (χ0n) is 20.1.